The van der Waals surface area contributed by atoms with Gasteiger partial charge < -0.3 is 5.32 Å². The lowest BCUT2D eigenvalue weighted by atomic mass is 10.1. The Labute approximate surface area is 134 Å². The molecule has 2 rings (SSSR count). The molecule has 108 valence electrons. The van der Waals surface area contributed by atoms with Crippen LogP contribution in [0.5, 0.6) is 0 Å². The van der Waals surface area contributed by atoms with E-state index in [4.69, 9.17) is 11.6 Å². The van der Waals surface area contributed by atoms with Gasteiger partial charge in [-0.1, -0.05) is 37.6 Å². The van der Waals surface area contributed by atoms with Gasteiger partial charge in [-0.2, -0.15) is 0 Å². The fourth-order valence-electron chi connectivity index (χ4n) is 2.08. The van der Waals surface area contributed by atoms with Gasteiger partial charge in [0.1, 0.15) is 0 Å². The molecule has 0 aliphatic carbocycles. The third-order valence-electron chi connectivity index (χ3n) is 3.00. The number of halogens is 1. The summed E-state index contributed by atoms with van der Waals surface area (Å²) in [5, 5.41) is 3.61. The van der Waals surface area contributed by atoms with Gasteiger partial charge in [0.15, 0.2) is 0 Å². The first kappa shape index (κ1) is 15.9. The van der Waals surface area contributed by atoms with Gasteiger partial charge in [-0.3, -0.25) is 0 Å². The van der Waals surface area contributed by atoms with Crippen LogP contribution in [0.3, 0.4) is 0 Å². The number of rotatable bonds is 7. The molecule has 1 unspecified atom stereocenters. The summed E-state index contributed by atoms with van der Waals surface area (Å²) in [5.74, 6) is 1.11. The zero-order valence-corrected chi connectivity index (χ0v) is 14.2. The summed E-state index contributed by atoms with van der Waals surface area (Å²) in [4.78, 5) is 2.61. The topological polar surface area (TPSA) is 12.0 Å². The summed E-state index contributed by atoms with van der Waals surface area (Å²) in [6.07, 6.45) is 1.12. The molecule has 1 atom stereocenters. The molecule has 1 nitrogen and oxygen atoms in total. The molecule has 0 aliphatic heterocycles. The molecule has 1 aromatic carbocycles. The van der Waals surface area contributed by atoms with Crippen molar-refractivity contribution in [3.63, 3.8) is 0 Å². The normalized spacial score (nSPS) is 12.6. The van der Waals surface area contributed by atoms with Gasteiger partial charge in [0.25, 0.3) is 0 Å². The molecule has 0 fully saturated rings. The zero-order valence-electron chi connectivity index (χ0n) is 11.9. The molecule has 20 heavy (non-hydrogen) atoms. The molecule has 0 amide bonds. The molecule has 1 aromatic heterocycles. The minimum Gasteiger partial charge on any atom is -0.306 e. The highest BCUT2D eigenvalue weighted by atomic mass is 35.5. The highest BCUT2D eigenvalue weighted by molar-refractivity contribution is 7.99. The number of benzene rings is 1. The minimum atomic E-state index is 0.244. The van der Waals surface area contributed by atoms with Crippen LogP contribution in [0.15, 0.2) is 41.3 Å². The van der Waals surface area contributed by atoms with Crippen molar-refractivity contribution in [1.29, 1.82) is 0 Å². The van der Waals surface area contributed by atoms with Gasteiger partial charge in [-0.15, -0.1) is 23.1 Å². The van der Waals surface area contributed by atoms with Crippen molar-refractivity contribution >= 4 is 34.7 Å². The standard InChI is InChI=1S/C16H20ClNS2/c1-3-11-18-16(14-9-10-15(17)20-14)12-5-7-13(8-6-12)19-4-2/h5-10,16,18H,3-4,11H2,1-2H3. The zero-order chi connectivity index (χ0) is 14.4. The Balaban J connectivity index is 2.21. The second kappa shape index (κ2) is 8.08. The van der Waals surface area contributed by atoms with E-state index in [1.807, 2.05) is 17.8 Å². The molecule has 0 radical (unpaired) electrons. The Hall–Kier alpha value is -0.480. The Morgan fingerprint density at radius 3 is 2.45 bits per heavy atom. The van der Waals surface area contributed by atoms with Crippen LogP contribution in [0.25, 0.3) is 0 Å². The Kier molecular flexibility index (Phi) is 6.43. The fourth-order valence-corrected chi connectivity index (χ4v) is 3.90. The molecular weight excluding hydrogens is 306 g/mol. The van der Waals surface area contributed by atoms with Crippen molar-refractivity contribution in [2.75, 3.05) is 12.3 Å². The summed E-state index contributed by atoms with van der Waals surface area (Å²) in [6, 6.07) is 13.2. The highest BCUT2D eigenvalue weighted by Gasteiger charge is 2.15. The average molecular weight is 326 g/mol. The number of thiophene rings is 1. The summed E-state index contributed by atoms with van der Waals surface area (Å²) in [7, 11) is 0. The maximum Gasteiger partial charge on any atom is 0.0931 e. The van der Waals surface area contributed by atoms with Crippen LogP contribution in [-0.2, 0) is 0 Å². The van der Waals surface area contributed by atoms with Gasteiger partial charge in [0.2, 0.25) is 0 Å². The Morgan fingerprint density at radius 2 is 1.90 bits per heavy atom. The average Bonchev–Trinajstić information content (AvgIpc) is 2.88. The van der Waals surface area contributed by atoms with Crippen molar-refractivity contribution in [3.8, 4) is 0 Å². The van der Waals surface area contributed by atoms with Crippen LogP contribution < -0.4 is 5.32 Å². The first-order chi connectivity index (χ1) is 9.74. The monoisotopic (exact) mass is 325 g/mol. The first-order valence-corrected chi connectivity index (χ1v) is 9.14. The molecule has 0 bridgehead atoms. The number of thioether (sulfide) groups is 1. The molecule has 0 aliphatic rings. The second-order valence-corrected chi connectivity index (χ2v) is 7.62. The van der Waals surface area contributed by atoms with E-state index in [1.54, 1.807) is 11.3 Å². The van der Waals surface area contributed by atoms with Gasteiger partial charge in [-0.25, -0.2) is 0 Å². The van der Waals surface area contributed by atoms with E-state index >= 15 is 0 Å². The van der Waals surface area contributed by atoms with E-state index in [0.29, 0.717) is 0 Å². The van der Waals surface area contributed by atoms with Crippen molar-refractivity contribution in [2.24, 2.45) is 0 Å². The second-order valence-electron chi connectivity index (χ2n) is 4.53. The molecule has 0 saturated heterocycles. The molecule has 1 N–H and O–H groups in total. The number of nitrogens with one attached hydrogen (secondary N) is 1. The summed E-state index contributed by atoms with van der Waals surface area (Å²) in [6.45, 7) is 5.37. The van der Waals surface area contributed by atoms with E-state index < -0.39 is 0 Å². The van der Waals surface area contributed by atoms with Crippen molar-refractivity contribution in [3.05, 3.63) is 51.2 Å². The first-order valence-electron chi connectivity index (χ1n) is 6.96. The van der Waals surface area contributed by atoms with E-state index in [1.165, 1.54) is 15.3 Å². The van der Waals surface area contributed by atoms with Crippen molar-refractivity contribution in [2.45, 2.75) is 31.2 Å². The predicted octanol–water partition coefficient (Wildman–Crippen LogP) is 5.60. The van der Waals surface area contributed by atoms with Gasteiger partial charge >= 0.3 is 0 Å². The maximum atomic E-state index is 6.08. The Morgan fingerprint density at radius 1 is 1.15 bits per heavy atom. The molecule has 0 spiro atoms. The lowest BCUT2D eigenvalue weighted by Gasteiger charge is -2.18. The van der Waals surface area contributed by atoms with E-state index in [0.717, 1.165) is 23.1 Å². The quantitative estimate of drug-likeness (QED) is 0.665. The van der Waals surface area contributed by atoms with E-state index in [9.17, 15) is 0 Å². The largest absolute Gasteiger partial charge is 0.306 e. The van der Waals surface area contributed by atoms with Gasteiger partial charge in [0.05, 0.1) is 10.4 Å². The molecule has 4 heteroatoms. The smallest absolute Gasteiger partial charge is 0.0931 e. The van der Waals surface area contributed by atoms with Crippen LogP contribution in [0.2, 0.25) is 4.34 Å². The Bertz CT molecular complexity index is 522. The number of hydrogen-bond donors (Lipinski definition) is 1. The summed E-state index contributed by atoms with van der Waals surface area (Å²) >= 11 is 9.61. The van der Waals surface area contributed by atoms with Crippen molar-refractivity contribution < 1.29 is 0 Å². The lowest BCUT2D eigenvalue weighted by Crippen LogP contribution is -2.22. The van der Waals surface area contributed by atoms with Crippen LogP contribution in [-0.4, -0.2) is 12.3 Å². The molecular formula is C16H20ClNS2. The van der Waals surface area contributed by atoms with Crippen LogP contribution in [0, 0.1) is 0 Å². The molecule has 0 saturated carbocycles. The molecule has 2 aromatic rings. The van der Waals surface area contributed by atoms with Gasteiger partial charge in [0, 0.05) is 9.77 Å². The third-order valence-corrected chi connectivity index (χ3v) is 5.19. The molecule has 1 heterocycles. The predicted molar refractivity (Wildman–Crippen MR) is 92.3 cm³/mol. The van der Waals surface area contributed by atoms with Gasteiger partial charge in [-0.05, 0) is 48.5 Å². The summed E-state index contributed by atoms with van der Waals surface area (Å²) < 4.78 is 0.849. The SMILES string of the molecule is CCCNC(c1ccc(SCC)cc1)c1ccc(Cl)s1. The van der Waals surface area contributed by atoms with Crippen molar-refractivity contribution in [1.82, 2.24) is 5.32 Å². The van der Waals surface area contributed by atoms with E-state index in [2.05, 4.69) is 49.5 Å². The fraction of sp³-hybridized carbons (Fsp3) is 0.375. The van der Waals surface area contributed by atoms with Crippen LogP contribution >= 0.6 is 34.7 Å². The summed E-state index contributed by atoms with van der Waals surface area (Å²) in [5.41, 5.74) is 1.30. The maximum absolute atomic E-state index is 6.08. The van der Waals surface area contributed by atoms with E-state index in [-0.39, 0.29) is 6.04 Å². The lowest BCUT2D eigenvalue weighted by molar-refractivity contribution is 0.605. The highest BCUT2D eigenvalue weighted by Crippen LogP contribution is 2.32. The van der Waals surface area contributed by atoms with Crippen LogP contribution in [0.1, 0.15) is 36.8 Å². The number of hydrogen-bond acceptors (Lipinski definition) is 3. The van der Waals surface area contributed by atoms with Crippen LogP contribution in [0.4, 0.5) is 0 Å². The third kappa shape index (κ3) is 4.26. The minimum absolute atomic E-state index is 0.244.